The van der Waals surface area contributed by atoms with E-state index in [-0.39, 0.29) is 24.9 Å². The van der Waals surface area contributed by atoms with Gasteiger partial charge in [-0.2, -0.15) is 0 Å². The van der Waals surface area contributed by atoms with Crippen LogP contribution in [0.3, 0.4) is 0 Å². The molecule has 2 N–H and O–H groups in total. The van der Waals surface area contributed by atoms with Crippen molar-refractivity contribution in [2.45, 2.75) is 6.54 Å². The lowest BCUT2D eigenvalue weighted by Gasteiger charge is -2.21. The number of amides is 1. The van der Waals surface area contributed by atoms with Crippen LogP contribution in [0.1, 0.15) is 15.9 Å². The molecular weight excluding hydrogens is 316 g/mol. The maximum absolute atomic E-state index is 12.4. The van der Waals surface area contributed by atoms with Crippen LogP contribution in [-0.4, -0.2) is 56.1 Å². The van der Waals surface area contributed by atoms with Crippen molar-refractivity contribution in [3.8, 4) is 0 Å². The Morgan fingerprint density at radius 2 is 1.88 bits per heavy atom. The molecule has 0 aromatic heterocycles. The fourth-order valence-electron chi connectivity index (χ4n) is 1.92. The molecule has 8 heteroatoms. The maximum Gasteiger partial charge on any atom is 0.337 e. The quantitative estimate of drug-likeness (QED) is 0.235. The third-order valence-corrected chi connectivity index (χ3v) is 3.18. The molecule has 1 rings (SSSR count). The van der Waals surface area contributed by atoms with E-state index in [4.69, 9.17) is 4.84 Å². The number of aliphatic hydroxyl groups is 1. The van der Waals surface area contributed by atoms with E-state index in [1.807, 2.05) is 0 Å². The van der Waals surface area contributed by atoms with Gasteiger partial charge in [-0.1, -0.05) is 12.1 Å². The summed E-state index contributed by atoms with van der Waals surface area (Å²) in [4.78, 5) is 39.6. The van der Waals surface area contributed by atoms with Crippen molar-refractivity contribution in [2.24, 2.45) is 0 Å². The Morgan fingerprint density at radius 3 is 2.33 bits per heavy atom. The van der Waals surface area contributed by atoms with Gasteiger partial charge in [0.25, 0.3) is 5.91 Å². The van der Waals surface area contributed by atoms with Crippen molar-refractivity contribution in [2.75, 3.05) is 27.8 Å². The van der Waals surface area contributed by atoms with Gasteiger partial charge in [0.1, 0.15) is 0 Å². The smallest absolute Gasteiger partial charge is 0.337 e. The molecule has 0 spiro atoms. The van der Waals surface area contributed by atoms with Crippen LogP contribution in [0.5, 0.6) is 0 Å². The van der Waals surface area contributed by atoms with Gasteiger partial charge in [0.2, 0.25) is 0 Å². The summed E-state index contributed by atoms with van der Waals surface area (Å²) in [6, 6.07) is 6.42. The molecule has 24 heavy (non-hydrogen) atoms. The Labute approximate surface area is 139 Å². The second-order valence-corrected chi connectivity index (χ2v) is 4.72. The van der Waals surface area contributed by atoms with E-state index in [1.54, 1.807) is 31.3 Å². The van der Waals surface area contributed by atoms with Crippen molar-refractivity contribution in [3.63, 3.8) is 0 Å². The summed E-state index contributed by atoms with van der Waals surface area (Å²) in [6.07, 6.45) is 0.198. The minimum atomic E-state index is -0.655. The highest BCUT2D eigenvalue weighted by Crippen LogP contribution is 2.12. The first-order chi connectivity index (χ1) is 11.5. The Kier molecular flexibility index (Phi) is 7.60. The number of aldehydes is 1. The van der Waals surface area contributed by atoms with Crippen molar-refractivity contribution in [1.82, 2.24) is 10.4 Å². The predicted molar refractivity (Wildman–Crippen MR) is 85.0 cm³/mol. The van der Waals surface area contributed by atoms with Crippen LogP contribution in [0, 0.1) is 0 Å². The van der Waals surface area contributed by atoms with E-state index >= 15 is 0 Å². The number of nitrogens with one attached hydrogen (secondary N) is 1. The average molecular weight is 336 g/mol. The molecule has 0 radical (unpaired) electrons. The van der Waals surface area contributed by atoms with Crippen molar-refractivity contribution in [1.29, 1.82) is 0 Å². The third-order valence-electron chi connectivity index (χ3n) is 3.18. The van der Waals surface area contributed by atoms with Gasteiger partial charge in [-0.15, -0.1) is 0 Å². The molecule has 0 aliphatic rings. The van der Waals surface area contributed by atoms with Crippen LogP contribution in [0.2, 0.25) is 0 Å². The fourth-order valence-corrected chi connectivity index (χ4v) is 1.92. The largest absolute Gasteiger partial charge is 0.504 e. The first-order valence-electron chi connectivity index (χ1n) is 7.03. The van der Waals surface area contributed by atoms with Crippen LogP contribution in [-0.2, 0) is 25.7 Å². The number of nitrogens with zero attached hydrogens (tertiary/aromatic N) is 1. The lowest BCUT2D eigenvalue weighted by molar-refractivity contribution is -0.175. The summed E-state index contributed by atoms with van der Waals surface area (Å²) in [5, 5.41) is 13.3. The number of likely N-dealkylation sites (N-methyl/N-ethyl adjacent to an activating group) is 1. The average Bonchev–Trinajstić information content (AvgIpc) is 2.62. The SMILES string of the molecule is CNC/C(C(=O)N(Cc1ccc(C(=O)OC)cc1)OC)=C(/O)C=O. The fraction of sp³-hybridized carbons (Fsp3) is 0.312. The topological polar surface area (TPSA) is 105 Å². The molecule has 1 aromatic rings. The van der Waals surface area contributed by atoms with Gasteiger partial charge in [0.15, 0.2) is 12.0 Å². The number of ether oxygens (including phenoxy) is 1. The summed E-state index contributed by atoms with van der Waals surface area (Å²) in [6.45, 7) is 0.0701. The third kappa shape index (κ3) is 4.90. The summed E-state index contributed by atoms with van der Waals surface area (Å²) >= 11 is 0. The van der Waals surface area contributed by atoms with E-state index in [0.717, 1.165) is 5.06 Å². The maximum atomic E-state index is 12.4. The zero-order valence-corrected chi connectivity index (χ0v) is 13.7. The molecule has 0 aliphatic heterocycles. The number of hydrogen-bond donors (Lipinski definition) is 2. The van der Waals surface area contributed by atoms with Crippen molar-refractivity contribution < 1.29 is 29.1 Å². The molecule has 0 fully saturated rings. The van der Waals surface area contributed by atoms with Gasteiger partial charge < -0.3 is 15.2 Å². The Bertz CT molecular complexity index is 624. The van der Waals surface area contributed by atoms with Crippen molar-refractivity contribution in [3.05, 3.63) is 46.7 Å². The molecule has 0 aliphatic carbocycles. The molecule has 1 aromatic carbocycles. The Balaban J connectivity index is 2.95. The van der Waals surface area contributed by atoms with Crippen LogP contribution in [0.25, 0.3) is 0 Å². The molecule has 130 valence electrons. The summed E-state index contributed by atoms with van der Waals surface area (Å²) < 4.78 is 4.61. The van der Waals surface area contributed by atoms with Crippen LogP contribution < -0.4 is 5.32 Å². The number of hydrogen-bond acceptors (Lipinski definition) is 7. The summed E-state index contributed by atoms with van der Waals surface area (Å²) in [5.74, 6) is -1.76. The van der Waals surface area contributed by atoms with Gasteiger partial charge in [-0.05, 0) is 24.7 Å². The predicted octanol–water partition coefficient (Wildman–Crippen LogP) is 0.594. The molecule has 0 atom stereocenters. The minimum absolute atomic E-state index is 0.00451. The molecule has 0 saturated carbocycles. The monoisotopic (exact) mass is 336 g/mol. The van der Waals surface area contributed by atoms with Crippen LogP contribution in [0.4, 0.5) is 0 Å². The normalized spacial score (nSPS) is 11.5. The summed E-state index contributed by atoms with van der Waals surface area (Å²) in [7, 11) is 4.17. The number of carbonyl (C=O) groups is 3. The highest BCUT2D eigenvalue weighted by atomic mass is 16.7. The van der Waals surface area contributed by atoms with Crippen molar-refractivity contribution >= 4 is 18.2 Å². The van der Waals surface area contributed by atoms with Gasteiger partial charge >= 0.3 is 5.97 Å². The number of carbonyl (C=O) groups excluding carboxylic acids is 3. The van der Waals surface area contributed by atoms with Gasteiger partial charge in [0.05, 0.1) is 31.9 Å². The first-order valence-corrected chi connectivity index (χ1v) is 7.03. The Morgan fingerprint density at radius 1 is 1.25 bits per heavy atom. The van der Waals surface area contributed by atoms with E-state index in [2.05, 4.69) is 10.1 Å². The lowest BCUT2D eigenvalue weighted by atomic mass is 10.1. The zero-order valence-electron chi connectivity index (χ0n) is 13.7. The molecule has 0 unspecified atom stereocenters. The number of benzene rings is 1. The Hall–Kier alpha value is -2.71. The van der Waals surface area contributed by atoms with Gasteiger partial charge in [-0.25, -0.2) is 9.86 Å². The number of aliphatic hydroxyl groups excluding tert-OH is 1. The van der Waals surface area contributed by atoms with Gasteiger partial charge in [-0.3, -0.25) is 14.4 Å². The molecule has 0 bridgehead atoms. The molecule has 1 amide bonds. The molecule has 8 nitrogen and oxygen atoms in total. The standard InChI is InChI=1S/C16H20N2O6/c1-17-8-13(14(20)10-19)15(21)18(24-3)9-11-4-6-12(7-5-11)16(22)23-2/h4-7,10,17,20H,8-9H2,1-3H3/b14-13-. The summed E-state index contributed by atoms with van der Waals surface area (Å²) in [5.41, 5.74) is 0.957. The minimum Gasteiger partial charge on any atom is -0.504 e. The number of hydroxylamine groups is 2. The van der Waals surface area contributed by atoms with Crippen LogP contribution >= 0.6 is 0 Å². The number of allylic oxidation sites excluding steroid dienone is 1. The second kappa shape index (κ2) is 9.43. The van der Waals surface area contributed by atoms with E-state index in [1.165, 1.54) is 14.2 Å². The van der Waals surface area contributed by atoms with Crippen LogP contribution in [0.15, 0.2) is 35.6 Å². The number of rotatable bonds is 8. The number of esters is 1. The lowest BCUT2D eigenvalue weighted by Crippen LogP contribution is -2.34. The van der Waals surface area contributed by atoms with E-state index < -0.39 is 17.6 Å². The first kappa shape index (κ1) is 19.3. The molecule has 0 saturated heterocycles. The van der Waals surface area contributed by atoms with E-state index in [9.17, 15) is 19.5 Å². The highest BCUT2D eigenvalue weighted by Gasteiger charge is 2.22. The molecule has 0 heterocycles. The second-order valence-electron chi connectivity index (χ2n) is 4.72. The highest BCUT2D eigenvalue weighted by molar-refractivity contribution is 5.97. The zero-order chi connectivity index (χ0) is 18.1. The number of methoxy groups -OCH3 is 1. The van der Waals surface area contributed by atoms with E-state index in [0.29, 0.717) is 11.1 Å². The molecular formula is C16H20N2O6. The van der Waals surface area contributed by atoms with Gasteiger partial charge in [0, 0.05) is 6.54 Å².